The fourth-order valence-electron chi connectivity index (χ4n) is 6.49. The highest BCUT2D eigenvalue weighted by molar-refractivity contribution is 6.82. The van der Waals surface area contributed by atoms with Gasteiger partial charge in [-0.3, -0.25) is 14.6 Å². The maximum atomic E-state index is 13.4. The van der Waals surface area contributed by atoms with Crippen molar-refractivity contribution in [1.29, 1.82) is 0 Å². The molecule has 4 rings (SSSR count). The Morgan fingerprint density at radius 3 is 2.21 bits per heavy atom. The summed E-state index contributed by atoms with van der Waals surface area (Å²) < 4.78 is 2.61. The van der Waals surface area contributed by atoms with Crippen LogP contribution in [0.15, 0.2) is 73.2 Å². The van der Waals surface area contributed by atoms with Crippen LogP contribution in [0, 0.1) is 0 Å². The van der Waals surface area contributed by atoms with Crippen LogP contribution in [0.3, 0.4) is 0 Å². The minimum Gasteiger partial charge on any atom is -0.373 e. The van der Waals surface area contributed by atoms with Crippen molar-refractivity contribution in [3.63, 3.8) is 0 Å². The van der Waals surface area contributed by atoms with Crippen molar-refractivity contribution in [1.82, 2.24) is 9.22 Å². The van der Waals surface area contributed by atoms with Crippen LogP contribution in [-0.4, -0.2) is 29.1 Å². The van der Waals surface area contributed by atoms with Crippen molar-refractivity contribution in [2.75, 3.05) is 5.32 Å². The number of aromatic nitrogens is 2. The minimum atomic E-state index is -1.95. The number of ketones is 1. The molecular weight excluding hydrogens is 486 g/mol. The van der Waals surface area contributed by atoms with E-state index in [1.54, 1.807) is 30.6 Å². The second-order valence-corrected chi connectivity index (χ2v) is 16.8. The molecule has 4 aromatic rings. The van der Waals surface area contributed by atoms with Gasteiger partial charge in [-0.15, -0.1) is 0 Å². The molecule has 0 saturated heterocycles. The SMILES string of the molecule is CCC(=O)Nc1cc(C(=O)c2cccnc2)cc(-c2cccc3c2ccn3[Si](C(C)C)(C(C)C)C(C)C)c1. The first kappa shape index (κ1) is 27.5. The van der Waals surface area contributed by atoms with E-state index in [0.717, 1.165) is 16.5 Å². The summed E-state index contributed by atoms with van der Waals surface area (Å²) in [6, 6.07) is 17.8. The quantitative estimate of drug-likeness (QED) is 0.176. The Kier molecular flexibility index (Phi) is 8.02. The van der Waals surface area contributed by atoms with Crippen LogP contribution >= 0.6 is 0 Å². The first-order valence-corrected chi connectivity index (χ1v) is 15.8. The zero-order valence-corrected chi connectivity index (χ0v) is 24.6. The third kappa shape index (κ3) is 4.85. The van der Waals surface area contributed by atoms with Crippen molar-refractivity contribution in [2.45, 2.75) is 71.5 Å². The van der Waals surface area contributed by atoms with E-state index in [1.807, 2.05) is 19.1 Å². The Balaban J connectivity index is 1.93. The molecule has 1 amide bonds. The number of hydrogen-bond donors (Lipinski definition) is 1. The second-order valence-electron chi connectivity index (χ2n) is 11.0. The van der Waals surface area contributed by atoms with Crippen molar-refractivity contribution in [3.8, 4) is 11.1 Å². The summed E-state index contributed by atoms with van der Waals surface area (Å²) in [5.74, 6) is -0.213. The number of nitrogens with zero attached hydrogens (tertiary/aromatic N) is 2. The Hall–Kier alpha value is -3.51. The number of rotatable bonds is 9. The van der Waals surface area contributed by atoms with Gasteiger partial charge < -0.3 is 9.55 Å². The molecule has 38 heavy (non-hydrogen) atoms. The van der Waals surface area contributed by atoms with E-state index < -0.39 is 8.24 Å². The van der Waals surface area contributed by atoms with Gasteiger partial charge in [-0.2, -0.15) is 0 Å². The lowest BCUT2D eigenvalue weighted by atomic mass is 9.96. The summed E-state index contributed by atoms with van der Waals surface area (Å²) in [5.41, 5.74) is 6.54. The van der Waals surface area contributed by atoms with E-state index in [9.17, 15) is 9.59 Å². The lowest BCUT2D eigenvalue weighted by Gasteiger charge is -2.44. The molecule has 198 valence electrons. The molecule has 2 aromatic carbocycles. The Morgan fingerprint density at radius 1 is 0.895 bits per heavy atom. The molecule has 0 aliphatic heterocycles. The van der Waals surface area contributed by atoms with Crippen molar-refractivity contribution in [2.24, 2.45) is 0 Å². The summed E-state index contributed by atoms with van der Waals surface area (Å²) in [6.07, 6.45) is 5.88. The number of fused-ring (bicyclic) bond motifs is 1. The number of benzene rings is 2. The molecule has 0 unspecified atom stereocenters. The maximum Gasteiger partial charge on any atom is 0.224 e. The Morgan fingerprint density at radius 2 is 1.61 bits per heavy atom. The number of amides is 1. The number of nitrogens with one attached hydrogen (secondary N) is 1. The van der Waals surface area contributed by atoms with Crippen LogP contribution in [0.4, 0.5) is 5.69 Å². The summed E-state index contributed by atoms with van der Waals surface area (Å²) in [7, 11) is -1.95. The number of anilines is 1. The number of carbonyl (C=O) groups excluding carboxylic acids is 2. The highest BCUT2D eigenvalue weighted by Crippen LogP contribution is 2.45. The first-order chi connectivity index (χ1) is 18.1. The third-order valence-electron chi connectivity index (χ3n) is 7.96. The molecule has 5 nitrogen and oxygen atoms in total. The molecule has 0 radical (unpaired) electrons. The van der Waals surface area contributed by atoms with Crippen LogP contribution < -0.4 is 5.32 Å². The molecule has 0 aliphatic rings. The largest absolute Gasteiger partial charge is 0.373 e. The first-order valence-electron chi connectivity index (χ1n) is 13.6. The van der Waals surface area contributed by atoms with Gasteiger partial charge in [-0.25, -0.2) is 0 Å². The van der Waals surface area contributed by atoms with Gasteiger partial charge >= 0.3 is 0 Å². The zero-order valence-electron chi connectivity index (χ0n) is 23.6. The van der Waals surface area contributed by atoms with Gasteiger partial charge in [-0.1, -0.05) is 60.6 Å². The normalized spacial score (nSPS) is 12.1. The molecule has 0 fully saturated rings. The summed E-state index contributed by atoms with van der Waals surface area (Å²) in [4.78, 5) is 29.8. The van der Waals surface area contributed by atoms with Crippen LogP contribution in [0.2, 0.25) is 16.6 Å². The number of hydrogen-bond acceptors (Lipinski definition) is 3. The minimum absolute atomic E-state index is 0.0899. The van der Waals surface area contributed by atoms with Gasteiger partial charge in [-0.05, 0) is 76.4 Å². The van der Waals surface area contributed by atoms with E-state index >= 15 is 0 Å². The summed E-state index contributed by atoms with van der Waals surface area (Å²) in [6.45, 7) is 16.1. The van der Waals surface area contributed by atoms with E-state index in [-0.39, 0.29) is 11.7 Å². The third-order valence-corrected chi connectivity index (χ3v) is 14.7. The average molecular weight is 526 g/mol. The molecule has 2 aromatic heterocycles. The van der Waals surface area contributed by atoms with Gasteiger partial charge in [0.1, 0.15) is 0 Å². The molecule has 1 N–H and O–H groups in total. The average Bonchev–Trinajstić information content (AvgIpc) is 3.32. The highest BCUT2D eigenvalue weighted by Gasteiger charge is 2.45. The molecule has 0 saturated carbocycles. The van der Waals surface area contributed by atoms with E-state index in [1.165, 1.54) is 5.52 Å². The fraction of sp³-hybridized carbons (Fsp3) is 0.344. The van der Waals surface area contributed by atoms with Crippen LogP contribution in [0.25, 0.3) is 22.0 Å². The van der Waals surface area contributed by atoms with Gasteiger partial charge in [0.05, 0.1) is 0 Å². The Labute approximate surface area is 227 Å². The molecule has 6 heteroatoms. The van der Waals surface area contributed by atoms with Crippen LogP contribution in [0.1, 0.15) is 70.8 Å². The lowest BCUT2D eigenvalue weighted by Crippen LogP contribution is -2.51. The van der Waals surface area contributed by atoms with Crippen LogP contribution in [0.5, 0.6) is 0 Å². The highest BCUT2D eigenvalue weighted by atomic mass is 28.3. The summed E-state index contributed by atoms with van der Waals surface area (Å²) >= 11 is 0. The molecule has 0 spiro atoms. The van der Waals surface area contributed by atoms with Crippen molar-refractivity contribution < 1.29 is 9.59 Å². The zero-order chi connectivity index (χ0) is 27.6. The summed E-state index contributed by atoms with van der Waals surface area (Å²) in [5, 5.41) is 4.12. The van der Waals surface area contributed by atoms with Gasteiger partial charge in [0, 0.05) is 46.5 Å². The number of pyridine rings is 1. The molecule has 0 aliphatic carbocycles. The Bertz CT molecular complexity index is 1430. The van der Waals surface area contributed by atoms with E-state index in [0.29, 0.717) is 39.9 Å². The number of carbonyl (C=O) groups is 2. The molecule has 0 atom stereocenters. The van der Waals surface area contributed by atoms with Gasteiger partial charge in [0.25, 0.3) is 0 Å². The van der Waals surface area contributed by atoms with E-state index in [4.69, 9.17) is 0 Å². The van der Waals surface area contributed by atoms with Gasteiger partial charge in [0.15, 0.2) is 14.0 Å². The monoisotopic (exact) mass is 525 g/mol. The standard InChI is InChI=1S/C32H39N3O2Si/c1-8-31(36)34-27-18-25(17-26(19-27)32(37)24-11-10-15-33-20-24)28-12-9-13-30-29(28)14-16-35(30)38(21(2)3,22(4)5)23(6)7/h9-23H,8H2,1-7H3,(H,34,36). The van der Waals surface area contributed by atoms with Crippen molar-refractivity contribution >= 4 is 36.5 Å². The molecule has 0 bridgehead atoms. The molecule has 2 heterocycles. The smallest absolute Gasteiger partial charge is 0.224 e. The second kappa shape index (κ2) is 11.1. The predicted octanol–water partition coefficient (Wildman–Crippen LogP) is 8.31. The van der Waals surface area contributed by atoms with Crippen molar-refractivity contribution in [3.05, 3.63) is 84.3 Å². The van der Waals surface area contributed by atoms with Gasteiger partial charge in [0.2, 0.25) is 5.91 Å². The fourth-order valence-corrected chi connectivity index (χ4v) is 13.1. The van der Waals surface area contributed by atoms with Crippen LogP contribution in [-0.2, 0) is 4.79 Å². The van der Waals surface area contributed by atoms with E-state index in [2.05, 4.69) is 86.5 Å². The lowest BCUT2D eigenvalue weighted by molar-refractivity contribution is -0.115. The predicted molar refractivity (Wildman–Crippen MR) is 160 cm³/mol. The maximum absolute atomic E-state index is 13.4. The topological polar surface area (TPSA) is 64.0 Å². The molecular formula is C32H39N3O2Si.